The van der Waals surface area contributed by atoms with E-state index in [4.69, 9.17) is 19.4 Å². The number of ether oxygens (including phenoxy) is 2. The van der Waals surface area contributed by atoms with Gasteiger partial charge in [-0.05, 0) is 51.9 Å². The second kappa shape index (κ2) is 10.8. The van der Waals surface area contributed by atoms with Gasteiger partial charge in [-0.25, -0.2) is 4.79 Å². The Morgan fingerprint density at radius 2 is 2.03 bits per heavy atom. The molecule has 0 unspecified atom stereocenters. The Kier molecular flexibility index (Phi) is 7.34. The van der Waals surface area contributed by atoms with Gasteiger partial charge in [0.15, 0.2) is 0 Å². The first kappa shape index (κ1) is 23.8. The van der Waals surface area contributed by atoms with Crippen molar-refractivity contribution in [3.63, 3.8) is 0 Å². The number of piperazine rings is 1. The normalized spacial score (nSPS) is 22.7. The number of fused-ring (bicyclic) bond motifs is 1. The van der Waals surface area contributed by atoms with Crippen LogP contribution in [0.15, 0.2) is 30.3 Å². The van der Waals surface area contributed by atoms with Crippen LogP contribution in [-0.4, -0.2) is 84.3 Å². The number of likely N-dealkylation sites (N-methyl/N-ethyl adjacent to an activating group) is 1. The van der Waals surface area contributed by atoms with E-state index in [9.17, 15) is 4.79 Å². The molecule has 2 fully saturated rings. The zero-order valence-electron chi connectivity index (χ0n) is 20.8. The molecular formula is C26H36N6O3. The molecular weight excluding hydrogens is 444 g/mol. The lowest BCUT2D eigenvalue weighted by atomic mass is 10.0. The van der Waals surface area contributed by atoms with Crippen molar-refractivity contribution in [3.05, 3.63) is 47.2 Å². The van der Waals surface area contributed by atoms with Crippen molar-refractivity contribution >= 4 is 11.9 Å². The topological polar surface area (TPSA) is 83.1 Å². The van der Waals surface area contributed by atoms with Gasteiger partial charge in [0, 0.05) is 43.8 Å². The number of nitrogens with one attached hydrogen (secondary N) is 1. The van der Waals surface area contributed by atoms with Crippen molar-refractivity contribution < 1.29 is 14.3 Å². The molecule has 3 aliphatic heterocycles. The first-order valence-corrected chi connectivity index (χ1v) is 12.7. The zero-order chi connectivity index (χ0) is 24.2. The molecule has 4 heterocycles. The van der Waals surface area contributed by atoms with E-state index in [-0.39, 0.29) is 18.7 Å². The fourth-order valence-corrected chi connectivity index (χ4v) is 5.23. The predicted molar refractivity (Wildman–Crippen MR) is 134 cm³/mol. The molecule has 0 radical (unpaired) electrons. The Balaban J connectivity index is 1.26. The lowest BCUT2D eigenvalue weighted by Gasteiger charge is -2.41. The molecule has 188 valence electrons. The zero-order valence-corrected chi connectivity index (χ0v) is 20.8. The minimum absolute atomic E-state index is 0.107. The quantitative estimate of drug-likeness (QED) is 0.675. The van der Waals surface area contributed by atoms with Gasteiger partial charge >= 0.3 is 12.1 Å². The first-order chi connectivity index (χ1) is 17.1. The number of nitrogens with zero attached hydrogens (tertiary/aromatic N) is 5. The lowest BCUT2D eigenvalue weighted by Crippen LogP contribution is -2.54. The summed E-state index contributed by atoms with van der Waals surface area (Å²) in [5.41, 5.74) is 3.21. The number of likely N-dealkylation sites (tertiary alicyclic amines) is 1. The molecule has 9 heteroatoms. The van der Waals surface area contributed by atoms with E-state index in [0.717, 1.165) is 49.6 Å². The van der Waals surface area contributed by atoms with E-state index in [0.29, 0.717) is 38.3 Å². The van der Waals surface area contributed by atoms with Crippen molar-refractivity contribution in [2.75, 3.05) is 51.3 Å². The van der Waals surface area contributed by atoms with E-state index in [1.807, 2.05) is 30.3 Å². The Hall–Kier alpha value is -2.91. The summed E-state index contributed by atoms with van der Waals surface area (Å²) in [4.78, 5) is 28.8. The maximum Gasteiger partial charge on any atom is 0.410 e. The van der Waals surface area contributed by atoms with Crippen LogP contribution < -0.4 is 15.0 Å². The molecule has 1 aromatic heterocycles. The van der Waals surface area contributed by atoms with Crippen LogP contribution in [0.3, 0.4) is 0 Å². The molecule has 0 bridgehead atoms. The highest BCUT2D eigenvalue weighted by molar-refractivity contribution is 5.68. The number of anilines is 1. The van der Waals surface area contributed by atoms with E-state index >= 15 is 0 Å². The standard InChI is InChI=1S/C26H36N6O3/c1-19-16-31(26(33)35-17-20-7-4-3-5-8-20)13-14-32(19)24-22-10-11-27-15-23(22)28-25(29-24)34-18-21-9-6-12-30(21)2/h3-5,7-8,19,21,27H,6,9-18H2,1-2H3/t19-,21-/m0/s1. The van der Waals surface area contributed by atoms with E-state index in [1.54, 1.807) is 4.90 Å². The summed E-state index contributed by atoms with van der Waals surface area (Å²) in [5.74, 6) is 0.955. The molecule has 5 rings (SSSR count). The molecule has 35 heavy (non-hydrogen) atoms. The highest BCUT2D eigenvalue weighted by atomic mass is 16.6. The average Bonchev–Trinajstić information content (AvgIpc) is 3.30. The number of benzene rings is 1. The van der Waals surface area contributed by atoms with Gasteiger partial charge in [-0.2, -0.15) is 9.97 Å². The molecule has 0 spiro atoms. The van der Waals surface area contributed by atoms with Gasteiger partial charge in [0.1, 0.15) is 19.0 Å². The van der Waals surface area contributed by atoms with Gasteiger partial charge in [0.05, 0.1) is 5.69 Å². The largest absolute Gasteiger partial charge is 0.462 e. The summed E-state index contributed by atoms with van der Waals surface area (Å²) in [6, 6.07) is 10.8. The monoisotopic (exact) mass is 480 g/mol. The third-order valence-electron chi connectivity index (χ3n) is 7.33. The van der Waals surface area contributed by atoms with E-state index in [1.165, 1.54) is 12.0 Å². The number of carbonyl (C=O) groups is 1. The fourth-order valence-electron chi connectivity index (χ4n) is 5.23. The van der Waals surface area contributed by atoms with Crippen LogP contribution in [0.4, 0.5) is 10.6 Å². The third kappa shape index (κ3) is 5.51. The summed E-state index contributed by atoms with van der Waals surface area (Å²) in [7, 11) is 2.15. The van der Waals surface area contributed by atoms with Gasteiger partial charge in [0.2, 0.25) is 0 Å². The Labute approximate surface area is 207 Å². The minimum Gasteiger partial charge on any atom is -0.462 e. The summed E-state index contributed by atoms with van der Waals surface area (Å²) in [5, 5.41) is 3.42. The fraction of sp³-hybridized carbons (Fsp3) is 0.577. The summed E-state index contributed by atoms with van der Waals surface area (Å²) < 4.78 is 11.7. The average molecular weight is 481 g/mol. The molecule has 0 aliphatic carbocycles. The number of hydrogen-bond donors (Lipinski definition) is 1. The van der Waals surface area contributed by atoms with Crippen molar-refractivity contribution in [1.82, 2.24) is 25.1 Å². The van der Waals surface area contributed by atoms with Gasteiger partial charge in [-0.15, -0.1) is 0 Å². The van der Waals surface area contributed by atoms with Crippen LogP contribution in [0, 0.1) is 0 Å². The Bertz CT molecular complexity index is 1020. The molecule has 1 N–H and O–H groups in total. The van der Waals surface area contributed by atoms with Gasteiger partial charge in [-0.3, -0.25) is 0 Å². The van der Waals surface area contributed by atoms with Crippen molar-refractivity contribution in [2.45, 2.75) is 51.4 Å². The highest BCUT2D eigenvalue weighted by Gasteiger charge is 2.32. The van der Waals surface area contributed by atoms with Crippen LogP contribution in [-0.2, 0) is 24.3 Å². The van der Waals surface area contributed by atoms with Crippen molar-refractivity contribution in [3.8, 4) is 6.01 Å². The number of amides is 1. The molecule has 3 aliphatic rings. The molecule has 9 nitrogen and oxygen atoms in total. The van der Waals surface area contributed by atoms with Gasteiger partial charge in [-0.1, -0.05) is 30.3 Å². The number of carbonyl (C=O) groups excluding carboxylic acids is 1. The predicted octanol–water partition coefficient (Wildman–Crippen LogP) is 2.44. The summed E-state index contributed by atoms with van der Waals surface area (Å²) in [6.45, 7) is 7.68. The van der Waals surface area contributed by atoms with Gasteiger partial charge < -0.3 is 29.5 Å². The van der Waals surface area contributed by atoms with E-state index < -0.39 is 0 Å². The number of rotatable bonds is 6. The molecule has 1 aromatic carbocycles. The minimum atomic E-state index is -0.265. The van der Waals surface area contributed by atoms with Crippen LogP contribution in [0.25, 0.3) is 0 Å². The number of hydrogen-bond acceptors (Lipinski definition) is 8. The Morgan fingerprint density at radius 3 is 2.80 bits per heavy atom. The molecule has 2 aromatic rings. The van der Waals surface area contributed by atoms with Crippen LogP contribution in [0.2, 0.25) is 0 Å². The van der Waals surface area contributed by atoms with Crippen LogP contribution >= 0.6 is 0 Å². The van der Waals surface area contributed by atoms with Crippen LogP contribution in [0.1, 0.15) is 36.6 Å². The maximum atomic E-state index is 12.7. The first-order valence-electron chi connectivity index (χ1n) is 12.7. The SMILES string of the molecule is C[C@H]1CN(C(=O)OCc2ccccc2)CCN1c1nc(OC[C@@H]2CCCN2C)nc2c1CCNC2. The van der Waals surface area contributed by atoms with Crippen molar-refractivity contribution in [1.29, 1.82) is 0 Å². The van der Waals surface area contributed by atoms with Crippen molar-refractivity contribution in [2.24, 2.45) is 0 Å². The smallest absolute Gasteiger partial charge is 0.410 e. The molecule has 2 saturated heterocycles. The lowest BCUT2D eigenvalue weighted by molar-refractivity contribution is 0.0897. The van der Waals surface area contributed by atoms with Crippen LogP contribution in [0.5, 0.6) is 6.01 Å². The molecule has 2 atom stereocenters. The number of aromatic nitrogens is 2. The molecule has 1 amide bonds. The summed E-state index contributed by atoms with van der Waals surface area (Å²) >= 11 is 0. The summed E-state index contributed by atoms with van der Waals surface area (Å²) in [6.07, 6.45) is 2.98. The maximum absolute atomic E-state index is 12.7. The third-order valence-corrected chi connectivity index (χ3v) is 7.33. The second-order valence-electron chi connectivity index (χ2n) is 9.80. The van der Waals surface area contributed by atoms with E-state index in [2.05, 4.69) is 29.1 Å². The van der Waals surface area contributed by atoms with Gasteiger partial charge in [0.25, 0.3) is 0 Å². The molecule has 0 saturated carbocycles. The highest BCUT2D eigenvalue weighted by Crippen LogP contribution is 2.29. The Morgan fingerprint density at radius 1 is 1.17 bits per heavy atom. The second-order valence-corrected chi connectivity index (χ2v) is 9.80.